The van der Waals surface area contributed by atoms with Crippen LogP contribution in [0.4, 0.5) is 0 Å². The van der Waals surface area contributed by atoms with Gasteiger partial charge in [0, 0.05) is 122 Å². The summed E-state index contributed by atoms with van der Waals surface area (Å²) < 4.78 is 0. The van der Waals surface area contributed by atoms with Crippen molar-refractivity contribution in [2.45, 2.75) is 226 Å². The fourth-order valence-corrected chi connectivity index (χ4v) is 15.4. The summed E-state index contributed by atoms with van der Waals surface area (Å²) in [5.41, 5.74) is 70.2. The second-order valence-electron chi connectivity index (χ2n) is 31.0. The molecule has 0 spiro atoms. The Morgan fingerprint density at radius 3 is 1.10 bits per heavy atom. The molecule has 0 radical (unpaired) electrons. The zero-order valence-electron chi connectivity index (χ0n) is 69.2. The summed E-state index contributed by atoms with van der Waals surface area (Å²) in [5.74, 6) is -7.84. The fraction of sp³-hybridized carbons (Fsp3) is 0.724. The predicted molar refractivity (Wildman–Crippen MR) is 449 cm³/mol. The number of likely N-dealkylation sites (tertiary alicyclic amines) is 4. The minimum absolute atomic E-state index is 0.00139. The number of amides is 13. The zero-order chi connectivity index (χ0) is 87.3. The van der Waals surface area contributed by atoms with Gasteiger partial charge < -0.3 is 133 Å². The van der Waals surface area contributed by atoms with Crippen molar-refractivity contribution in [1.82, 2.24) is 83.4 Å². The van der Waals surface area contributed by atoms with E-state index in [2.05, 4.69) is 73.8 Å². The van der Waals surface area contributed by atoms with Crippen molar-refractivity contribution in [2.24, 2.45) is 78.8 Å². The van der Waals surface area contributed by atoms with Crippen LogP contribution in [0.1, 0.15) is 141 Å². The summed E-state index contributed by atoms with van der Waals surface area (Å²) in [5, 5.41) is 34.4. The Kier molecular flexibility index (Phi) is 45.9. The Balaban J connectivity index is 1.30. The average molecular weight is 1680 g/mol. The second-order valence-corrected chi connectivity index (χ2v) is 31.0. The Hall–Kier alpha value is -9.57. The number of nitrogens with two attached hydrogens (primary N) is 12. The van der Waals surface area contributed by atoms with Crippen molar-refractivity contribution in [1.29, 1.82) is 0 Å². The SMILES string of the molecule is CC(=O)N[C@@H](Cc1ccccc1)C(=O)NCC(=O)N[C@H]1C[C@@H](C(=O)N[C@@H](CCCCN)C(=O)N[C@@H](CCCCN)C(=O)N[C@@H](CCCN=C(N)N)C(=O)N[C@H]2C[C@@H](C(=O)N[C@@H](CCC(N)=O)C(=O)N[C@H]3C[C@@H](C(=O)N[C@@H](CCCN=C(N)N)C(=O)N[C@H]4C[C@@H](C(=O)NCCN)N(CCCN)C4)N(CCCN)C3)N(CCCN)C2)N(CCCN)C1. The molecule has 670 valence electrons. The molecule has 4 fully saturated rings. The normalized spacial score (nSPS) is 20.8. The summed E-state index contributed by atoms with van der Waals surface area (Å²) in [6, 6.07) is -3.82. The topological polar surface area (TPSA) is 716 Å². The van der Waals surface area contributed by atoms with E-state index in [1.54, 1.807) is 17.0 Å². The lowest BCUT2D eigenvalue weighted by molar-refractivity contribution is -0.135. The molecule has 4 heterocycles. The van der Waals surface area contributed by atoms with Crippen molar-refractivity contribution >= 4 is 88.7 Å². The van der Waals surface area contributed by atoms with E-state index < -0.39 is 162 Å². The highest BCUT2D eigenvalue weighted by Gasteiger charge is 2.45. The van der Waals surface area contributed by atoms with Gasteiger partial charge in [-0.15, -0.1) is 0 Å². The van der Waals surface area contributed by atoms with Crippen molar-refractivity contribution in [3.05, 3.63) is 35.9 Å². The maximum atomic E-state index is 14.8. The first-order valence-electron chi connectivity index (χ1n) is 41.9. The maximum Gasteiger partial charge on any atom is 0.243 e. The number of hydrogen-bond donors (Lipinski definition) is 24. The average Bonchev–Trinajstić information content (AvgIpc) is 1.61. The monoisotopic (exact) mass is 1680 g/mol. The van der Waals surface area contributed by atoms with Gasteiger partial charge in [0.05, 0.1) is 30.7 Å². The molecule has 0 bridgehead atoms. The van der Waals surface area contributed by atoms with E-state index in [0.717, 1.165) is 5.56 Å². The molecule has 0 aliphatic carbocycles. The van der Waals surface area contributed by atoms with Crippen LogP contribution in [-0.2, 0) is 68.7 Å². The highest BCUT2D eigenvalue weighted by Crippen LogP contribution is 2.25. The molecule has 36 N–H and O–H groups in total. The molecular formula is C76H138N30O13. The number of carbonyl (C=O) groups excluding carboxylic acids is 13. The first-order chi connectivity index (χ1) is 57.0. The van der Waals surface area contributed by atoms with Gasteiger partial charge in [-0.25, -0.2) is 0 Å². The van der Waals surface area contributed by atoms with E-state index in [4.69, 9.17) is 68.8 Å². The Morgan fingerprint density at radius 1 is 0.378 bits per heavy atom. The molecule has 4 aliphatic rings. The van der Waals surface area contributed by atoms with Crippen molar-refractivity contribution in [3.8, 4) is 0 Å². The number of rotatable bonds is 57. The van der Waals surface area contributed by atoms with Crippen LogP contribution in [0.3, 0.4) is 0 Å². The van der Waals surface area contributed by atoms with Crippen molar-refractivity contribution in [3.63, 3.8) is 0 Å². The summed E-state index contributed by atoms with van der Waals surface area (Å²) in [6.45, 7) is 5.61. The number of nitrogens with one attached hydrogen (secondary N) is 12. The van der Waals surface area contributed by atoms with Crippen LogP contribution in [0.25, 0.3) is 0 Å². The number of primary amides is 1. The van der Waals surface area contributed by atoms with E-state index >= 15 is 0 Å². The molecule has 0 saturated carbocycles. The quantitative estimate of drug-likeness (QED) is 0.0164. The molecule has 43 nitrogen and oxygen atoms in total. The van der Waals surface area contributed by atoms with Gasteiger partial charge in [0.1, 0.15) is 36.3 Å². The smallest absolute Gasteiger partial charge is 0.243 e. The number of hydrogen-bond acceptors (Lipinski definition) is 26. The minimum atomic E-state index is -1.34. The number of nitrogens with zero attached hydrogens (tertiary/aromatic N) is 6. The molecule has 13 amide bonds. The lowest BCUT2D eigenvalue weighted by Gasteiger charge is -2.28. The lowest BCUT2D eigenvalue weighted by Crippen LogP contribution is -2.58. The standard InChI is InChI=1S/C76H138N30O13/c1-47(107)93-58(37-48-15-3-2-4-16-48)65(110)92-42-64(109)94-49-38-60(104(43-49)34-12-26-80)72(117)100-54(18-6-8-24-78)70(115)98-53(17-5-7-23-77)69(114)99-55(19-9-30-90-75(85)86)66(111)96-51-40-62(106(45-51)36-14-28-82)74(119)102-57(21-22-63(84)108)68(113)97-52-41-61(105(46-52)35-13-27-81)73(118)101-56(20-10-31-91-76(87)88)67(112)95-50-39-59(71(116)89-32-29-83)103(44-50)33-11-25-79/h2-4,15-16,49-62H,5-14,17-46,77-83H2,1H3,(H2,84,108)(H,89,116)(H,92,110)(H,93,107)(H,94,109)(H,95,112)(H,96,111)(H,97,113)(H,98,115)(H,99,114)(H,100,117)(H,101,118)(H,102,119)(H4,85,86,90)(H4,87,88,91)/t49-,50-,51-,52-,53-,54-,55-,56-,57-,58-,59-,60-,61-,62-/m0/s1. The third-order valence-corrected chi connectivity index (χ3v) is 21.3. The zero-order valence-corrected chi connectivity index (χ0v) is 69.2. The molecule has 1 aromatic rings. The van der Waals surface area contributed by atoms with Crippen LogP contribution >= 0.6 is 0 Å². The second kappa shape index (κ2) is 54.6. The van der Waals surface area contributed by atoms with Gasteiger partial charge >= 0.3 is 0 Å². The fourth-order valence-electron chi connectivity index (χ4n) is 15.4. The first kappa shape index (κ1) is 100.0. The molecule has 43 heteroatoms. The van der Waals surface area contributed by atoms with Gasteiger partial charge in [-0.05, 0) is 167 Å². The third kappa shape index (κ3) is 36.1. The molecule has 5 rings (SSSR count). The summed E-state index contributed by atoms with van der Waals surface area (Å²) in [7, 11) is 0. The van der Waals surface area contributed by atoms with Gasteiger partial charge in [-0.1, -0.05) is 30.3 Å². The van der Waals surface area contributed by atoms with Gasteiger partial charge in [-0.3, -0.25) is 91.9 Å². The molecule has 4 aliphatic heterocycles. The Labute approximate surface area is 697 Å². The molecule has 0 aromatic heterocycles. The van der Waals surface area contributed by atoms with Crippen LogP contribution < -0.4 is 133 Å². The van der Waals surface area contributed by atoms with Crippen molar-refractivity contribution < 1.29 is 62.3 Å². The van der Waals surface area contributed by atoms with Crippen LogP contribution in [0.15, 0.2) is 40.3 Å². The molecule has 119 heavy (non-hydrogen) atoms. The highest BCUT2D eigenvalue weighted by molar-refractivity contribution is 5.96. The molecule has 1 aromatic carbocycles. The van der Waals surface area contributed by atoms with E-state index in [0.29, 0.717) is 96.9 Å². The van der Waals surface area contributed by atoms with Crippen LogP contribution in [0, 0.1) is 0 Å². The number of benzene rings is 1. The van der Waals surface area contributed by atoms with E-state index in [9.17, 15) is 62.3 Å². The predicted octanol–water partition coefficient (Wildman–Crippen LogP) is -10.4. The molecule has 14 atom stereocenters. The van der Waals surface area contributed by atoms with E-state index in [1.165, 1.54) is 6.92 Å². The van der Waals surface area contributed by atoms with E-state index in [-0.39, 0.29) is 174 Å². The Morgan fingerprint density at radius 2 is 0.731 bits per heavy atom. The van der Waals surface area contributed by atoms with Gasteiger partial charge in [0.15, 0.2) is 11.9 Å². The van der Waals surface area contributed by atoms with Crippen LogP contribution in [-0.4, -0.2) is 317 Å². The molecule has 4 saturated heterocycles. The summed E-state index contributed by atoms with van der Waals surface area (Å²) >= 11 is 0. The highest BCUT2D eigenvalue weighted by atomic mass is 16.2. The van der Waals surface area contributed by atoms with Crippen molar-refractivity contribution in [2.75, 3.05) is 124 Å². The van der Waals surface area contributed by atoms with Gasteiger partial charge in [0.25, 0.3) is 0 Å². The number of carbonyl (C=O) groups is 13. The maximum absolute atomic E-state index is 14.8. The number of aliphatic imine (C=N–C) groups is 2. The number of guanidine groups is 2. The molecule has 0 unspecified atom stereocenters. The minimum Gasteiger partial charge on any atom is -0.370 e. The summed E-state index contributed by atoms with van der Waals surface area (Å²) in [6.07, 6.45) is 4.55. The first-order valence-corrected chi connectivity index (χ1v) is 41.9. The third-order valence-electron chi connectivity index (χ3n) is 21.3. The van der Waals surface area contributed by atoms with Crippen LogP contribution in [0.2, 0.25) is 0 Å². The van der Waals surface area contributed by atoms with Gasteiger partial charge in [0.2, 0.25) is 76.8 Å². The number of unbranched alkanes of at least 4 members (excludes halogenated alkanes) is 2. The van der Waals surface area contributed by atoms with E-state index in [1.807, 2.05) is 32.9 Å². The molecular weight excluding hydrogens is 1540 g/mol. The largest absolute Gasteiger partial charge is 0.370 e. The van der Waals surface area contributed by atoms with Gasteiger partial charge in [-0.2, -0.15) is 0 Å². The van der Waals surface area contributed by atoms with Crippen LogP contribution in [0.5, 0.6) is 0 Å². The summed E-state index contributed by atoms with van der Waals surface area (Å²) in [4.78, 5) is 197. The lowest BCUT2D eigenvalue weighted by atomic mass is 10.0. The Bertz CT molecular complexity index is 3450.